The van der Waals surface area contributed by atoms with Gasteiger partial charge in [0.15, 0.2) is 0 Å². The third kappa shape index (κ3) is 3.70. The third-order valence-corrected chi connectivity index (χ3v) is 3.80. The van der Waals surface area contributed by atoms with Crippen LogP contribution in [-0.4, -0.2) is 25.7 Å². The van der Waals surface area contributed by atoms with Crippen LogP contribution in [0.5, 0.6) is 0 Å². The molecule has 1 aliphatic carbocycles. The highest BCUT2D eigenvalue weighted by Gasteiger charge is 2.19. The first-order valence-electron chi connectivity index (χ1n) is 6.87. The minimum Gasteiger partial charge on any atom is -0.465 e. The lowest BCUT2D eigenvalue weighted by molar-refractivity contribution is 0.0602. The van der Waals surface area contributed by atoms with E-state index in [9.17, 15) is 4.79 Å². The smallest absolute Gasteiger partial charge is 0.339 e. The Bertz CT molecular complexity index is 426. The van der Waals surface area contributed by atoms with Crippen LogP contribution in [0.4, 0.5) is 5.69 Å². The van der Waals surface area contributed by atoms with E-state index in [1.807, 2.05) is 18.2 Å². The predicted octanol–water partition coefficient (Wildman–Crippen LogP) is 2.40. The second-order valence-corrected chi connectivity index (χ2v) is 5.20. The van der Waals surface area contributed by atoms with Crippen LogP contribution in [0.15, 0.2) is 24.3 Å². The van der Waals surface area contributed by atoms with Crippen LogP contribution in [0.1, 0.15) is 36.0 Å². The number of nitrogens with two attached hydrogens (primary N) is 1. The predicted molar refractivity (Wildman–Crippen MR) is 76.2 cm³/mol. The molecule has 1 aromatic rings. The highest BCUT2D eigenvalue weighted by Crippen LogP contribution is 2.24. The molecule has 0 heterocycles. The monoisotopic (exact) mass is 262 g/mol. The van der Waals surface area contributed by atoms with Gasteiger partial charge in [0.1, 0.15) is 0 Å². The van der Waals surface area contributed by atoms with Crippen LogP contribution < -0.4 is 11.1 Å². The van der Waals surface area contributed by atoms with Crippen LogP contribution in [0.2, 0.25) is 0 Å². The van der Waals surface area contributed by atoms with E-state index >= 15 is 0 Å². The topological polar surface area (TPSA) is 64.3 Å². The van der Waals surface area contributed by atoms with E-state index in [4.69, 9.17) is 10.5 Å². The quantitative estimate of drug-likeness (QED) is 0.818. The van der Waals surface area contributed by atoms with Crippen LogP contribution >= 0.6 is 0 Å². The Morgan fingerprint density at radius 3 is 2.68 bits per heavy atom. The lowest BCUT2D eigenvalue weighted by Crippen LogP contribution is -2.29. The van der Waals surface area contributed by atoms with Gasteiger partial charge >= 0.3 is 5.97 Å². The summed E-state index contributed by atoms with van der Waals surface area (Å²) >= 11 is 0. The van der Waals surface area contributed by atoms with E-state index in [2.05, 4.69) is 5.32 Å². The maximum absolute atomic E-state index is 11.6. The molecule has 104 valence electrons. The largest absolute Gasteiger partial charge is 0.465 e. The van der Waals surface area contributed by atoms with Crippen molar-refractivity contribution in [2.45, 2.75) is 31.7 Å². The maximum atomic E-state index is 11.6. The van der Waals surface area contributed by atoms with Gasteiger partial charge in [-0.25, -0.2) is 4.79 Å². The van der Waals surface area contributed by atoms with Crippen molar-refractivity contribution in [3.05, 3.63) is 29.8 Å². The molecule has 0 aromatic heterocycles. The van der Waals surface area contributed by atoms with E-state index < -0.39 is 0 Å². The van der Waals surface area contributed by atoms with Gasteiger partial charge in [0, 0.05) is 18.3 Å². The van der Waals surface area contributed by atoms with Gasteiger partial charge in [0.25, 0.3) is 0 Å². The molecule has 4 nitrogen and oxygen atoms in total. The van der Waals surface area contributed by atoms with Crippen LogP contribution in [0.25, 0.3) is 0 Å². The summed E-state index contributed by atoms with van der Waals surface area (Å²) in [6.45, 7) is 0.890. The molecule has 0 atom stereocenters. The van der Waals surface area contributed by atoms with E-state index in [1.54, 1.807) is 6.07 Å². The summed E-state index contributed by atoms with van der Waals surface area (Å²) < 4.78 is 4.79. The first-order chi connectivity index (χ1) is 9.20. The highest BCUT2D eigenvalue weighted by atomic mass is 16.5. The average Bonchev–Trinajstić information content (AvgIpc) is 2.46. The number of ether oxygens (including phenoxy) is 1. The van der Waals surface area contributed by atoms with Crippen LogP contribution in [-0.2, 0) is 4.74 Å². The van der Waals surface area contributed by atoms with Crippen molar-refractivity contribution in [1.29, 1.82) is 0 Å². The summed E-state index contributed by atoms with van der Waals surface area (Å²) in [5, 5.41) is 3.37. The Morgan fingerprint density at radius 2 is 2.00 bits per heavy atom. The van der Waals surface area contributed by atoms with Gasteiger partial charge in [0.05, 0.1) is 12.7 Å². The molecule has 1 saturated carbocycles. The molecule has 1 aromatic carbocycles. The first-order valence-corrected chi connectivity index (χ1v) is 6.87. The molecule has 0 spiro atoms. The molecule has 0 aliphatic heterocycles. The number of carbonyl (C=O) groups excluding carboxylic acids is 1. The zero-order valence-corrected chi connectivity index (χ0v) is 11.4. The Morgan fingerprint density at radius 1 is 1.32 bits per heavy atom. The Labute approximate surface area is 114 Å². The number of benzene rings is 1. The van der Waals surface area contributed by atoms with E-state index in [-0.39, 0.29) is 5.97 Å². The molecular weight excluding hydrogens is 240 g/mol. The molecule has 2 rings (SSSR count). The lowest BCUT2D eigenvalue weighted by atomic mass is 9.86. The summed E-state index contributed by atoms with van der Waals surface area (Å²) in [5.74, 6) is 0.347. The zero-order valence-electron chi connectivity index (χ0n) is 11.4. The van der Waals surface area contributed by atoms with Crippen LogP contribution in [0, 0.1) is 5.92 Å². The van der Waals surface area contributed by atoms with E-state index in [0.717, 1.165) is 37.9 Å². The number of hydrogen-bond acceptors (Lipinski definition) is 4. The average molecular weight is 262 g/mol. The number of methoxy groups -OCH3 is 1. The molecule has 0 amide bonds. The van der Waals surface area contributed by atoms with Gasteiger partial charge in [-0.2, -0.15) is 0 Å². The summed E-state index contributed by atoms with van der Waals surface area (Å²) in [6.07, 6.45) is 4.53. The van der Waals surface area contributed by atoms with Crippen molar-refractivity contribution >= 4 is 11.7 Å². The maximum Gasteiger partial charge on any atom is 0.339 e. The molecule has 3 N–H and O–H groups in total. The van der Waals surface area contributed by atoms with Crippen molar-refractivity contribution in [3.8, 4) is 0 Å². The molecule has 19 heavy (non-hydrogen) atoms. The third-order valence-electron chi connectivity index (χ3n) is 3.80. The lowest BCUT2D eigenvalue weighted by Gasteiger charge is -2.26. The molecule has 0 unspecified atom stereocenters. The summed E-state index contributed by atoms with van der Waals surface area (Å²) in [7, 11) is 1.40. The number of esters is 1. The number of nitrogens with one attached hydrogen (secondary N) is 1. The molecule has 0 saturated heterocycles. The molecular formula is C15H22N2O2. The van der Waals surface area contributed by atoms with Crippen molar-refractivity contribution < 1.29 is 9.53 Å². The number of carbonyl (C=O) groups is 1. The number of anilines is 1. The van der Waals surface area contributed by atoms with Gasteiger partial charge in [0.2, 0.25) is 0 Å². The van der Waals surface area contributed by atoms with Gasteiger partial charge in [-0.15, -0.1) is 0 Å². The first kappa shape index (κ1) is 13.9. The van der Waals surface area contributed by atoms with Crippen molar-refractivity contribution in [2.24, 2.45) is 11.7 Å². The summed E-state index contributed by atoms with van der Waals surface area (Å²) in [5.41, 5.74) is 7.35. The number of para-hydroxylation sites is 1. The standard InChI is InChI=1S/C15H22N2O2/c1-19-15(18)13-4-2-3-5-14(13)17-10-11-6-8-12(16)9-7-11/h2-5,11-12,17H,6-10,16H2,1H3. The number of rotatable bonds is 4. The normalized spacial score (nSPS) is 22.8. The summed E-state index contributed by atoms with van der Waals surface area (Å²) in [4.78, 5) is 11.6. The zero-order chi connectivity index (χ0) is 13.7. The fraction of sp³-hybridized carbons (Fsp3) is 0.533. The number of hydrogen-bond donors (Lipinski definition) is 2. The Hall–Kier alpha value is -1.55. The minimum atomic E-state index is -0.297. The highest BCUT2D eigenvalue weighted by molar-refractivity contribution is 5.95. The fourth-order valence-electron chi connectivity index (χ4n) is 2.57. The van der Waals surface area contributed by atoms with Gasteiger partial charge in [-0.05, 0) is 43.7 Å². The second kappa shape index (κ2) is 6.57. The van der Waals surface area contributed by atoms with Gasteiger partial charge < -0.3 is 15.8 Å². The van der Waals surface area contributed by atoms with Gasteiger partial charge in [-0.1, -0.05) is 12.1 Å². The SMILES string of the molecule is COC(=O)c1ccccc1NCC1CCC(N)CC1. The fourth-order valence-corrected chi connectivity index (χ4v) is 2.57. The van der Waals surface area contributed by atoms with Crippen LogP contribution in [0.3, 0.4) is 0 Å². The van der Waals surface area contributed by atoms with Gasteiger partial charge in [-0.3, -0.25) is 0 Å². The summed E-state index contributed by atoms with van der Waals surface area (Å²) in [6, 6.07) is 7.84. The second-order valence-electron chi connectivity index (χ2n) is 5.20. The minimum absolute atomic E-state index is 0.297. The van der Waals surface area contributed by atoms with E-state index in [0.29, 0.717) is 17.5 Å². The molecule has 1 aliphatic rings. The Kier molecular flexibility index (Phi) is 4.80. The van der Waals surface area contributed by atoms with Crippen molar-refractivity contribution in [2.75, 3.05) is 19.0 Å². The molecule has 4 heteroatoms. The molecule has 0 radical (unpaired) electrons. The van der Waals surface area contributed by atoms with Crippen molar-refractivity contribution in [1.82, 2.24) is 0 Å². The molecule has 1 fully saturated rings. The Balaban J connectivity index is 1.94. The van der Waals surface area contributed by atoms with Crippen molar-refractivity contribution in [3.63, 3.8) is 0 Å². The van der Waals surface area contributed by atoms with E-state index in [1.165, 1.54) is 7.11 Å². The molecule has 0 bridgehead atoms.